The number of carboxylic acids is 1. The molecule has 1 aliphatic rings. The van der Waals surface area contributed by atoms with E-state index in [4.69, 9.17) is 5.11 Å². The summed E-state index contributed by atoms with van der Waals surface area (Å²) in [5, 5.41) is 15.0. The van der Waals surface area contributed by atoms with Crippen LogP contribution in [0.2, 0.25) is 0 Å². The number of amides is 1. The van der Waals surface area contributed by atoms with Crippen LogP contribution in [-0.4, -0.2) is 64.4 Å². The van der Waals surface area contributed by atoms with Gasteiger partial charge in [-0.05, 0) is 48.5 Å². The standard InChI is InChI=1S/C20H24N4O5S/c1-30(28,29)24(14-19(25)26)18-6-2-15(3-7-18)20(27)22-16-4-8-17(9-5-16)23-12-10-21-11-13-23/h2-9,21H,10-14H2,1H3,(H,22,27)(H,25,26). The fraction of sp³-hybridized carbons (Fsp3) is 0.300. The molecule has 0 radical (unpaired) electrons. The fourth-order valence-corrected chi connectivity index (χ4v) is 4.03. The molecule has 2 aromatic rings. The maximum Gasteiger partial charge on any atom is 0.324 e. The second-order valence-corrected chi connectivity index (χ2v) is 8.86. The van der Waals surface area contributed by atoms with E-state index in [9.17, 15) is 18.0 Å². The molecule has 30 heavy (non-hydrogen) atoms. The first-order valence-corrected chi connectivity index (χ1v) is 11.3. The van der Waals surface area contributed by atoms with Crippen molar-refractivity contribution in [1.82, 2.24) is 5.32 Å². The number of benzene rings is 2. The molecule has 0 atom stereocenters. The first-order chi connectivity index (χ1) is 14.2. The maximum atomic E-state index is 12.5. The van der Waals surface area contributed by atoms with Crippen LogP contribution in [0.25, 0.3) is 0 Å². The van der Waals surface area contributed by atoms with Gasteiger partial charge in [-0.2, -0.15) is 0 Å². The summed E-state index contributed by atoms with van der Waals surface area (Å²) in [6, 6.07) is 13.3. The maximum absolute atomic E-state index is 12.5. The van der Waals surface area contributed by atoms with Crippen molar-refractivity contribution >= 4 is 39.0 Å². The molecule has 0 aliphatic carbocycles. The van der Waals surface area contributed by atoms with E-state index < -0.39 is 22.5 Å². The minimum absolute atomic E-state index is 0.178. The average molecular weight is 433 g/mol. The molecule has 9 nitrogen and oxygen atoms in total. The molecule has 0 saturated carbocycles. The lowest BCUT2D eigenvalue weighted by Crippen LogP contribution is -2.43. The third kappa shape index (κ3) is 5.49. The van der Waals surface area contributed by atoms with Crippen molar-refractivity contribution in [2.24, 2.45) is 0 Å². The predicted molar refractivity (Wildman–Crippen MR) is 116 cm³/mol. The lowest BCUT2D eigenvalue weighted by Gasteiger charge is -2.29. The molecule has 3 N–H and O–H groups in total. The lowest BCUT2D eigenvalue weighted by molar-refractivity contribution is -0.135. The highest BCUT2D eigenvalue weighted by Gasteiger charge is 2.20. The van der Waals surface area contributed by atoms with Crippen LogP contribution in [0, 0.1) is 0 Å². The monoisotopic (exact) mass is 432 g/mol. The number of anilines is 3. The Labute approximate surface area is 175 Å². The van der Waals surface area contributed by atoms with Gasteiger partial charge >= 0.3 is 5.97 Å². The summed E-state index contributed by atoms with van der Waals surface area (Å²) in [5.41, 5.74) is 2.25. The Bertz CT molecular complexity index is 1000. The highest BCUT2D eigenvalue weighted by Crippen LogP contribution is 2.21. The zero-order valence-electron chi connectivity index (χ0n) is 16.5. The number of hydrogen-bond acceptors (Lipinski definition) is 6. The first kappa shape index (κ1) is 21.6. The summed E-state index contributed by atoms with van der Waals surface area (Å²) in [5.74, 6) is -1.62. The number of carbonyl (C=O) groups is 2. The van der Waals surface area contributed by atoms with Crippen LogP contribution in [0.5, 0.6) is 0 Å². The van der Waals surface area contributed by atoms with Gasteiger partial charge in [0.2, 0.25) is 10.0 Å². The molecule has 0 unspecified atom stereocenters. The second kappa shape index (κ2) is 9.14. The number of carboxylic acid groups (broad SMARTS) is 1. The van der Waals surface area contributed by atoms with Crippen molar-refractivity contribution in [1.29, 1.82) is 0 Å². The third-order valence-electron chi connectivity index (χ3n) is 4.70. The Balaban J connectivity index is 1.67. The summed E-state index contributed by atoms with van der Waals surface area (Å²) in [7, 11) is -3.76. The summed E-state index contributed by atoms with van der Waals surface area (Å²) < 4.78 is 24.5. The molecule has 1 fully saturated rings. The van der Waals surface area contributed by atoms with Crippen molar-refractivity contribution in [2.75, 3.05) is 53.5 Å². The Hall–Kier alpha value is -3.11. The zero-order valence-corrected chi connectivity index (χ0v) is 17.4. The number of nitrogens with one attached hydrogen (secondary N) is 2. The smallest absolute Gasteiger partial charge is 0.324 e. The minimum Gasteiger partial charge on any atom is -0.480 e. The van der Waals surface area contributed by atoms with E-state index in [1.165, 1.54) is 24.3 Å². The third-order valence-corrected chi connectivity index (χ3v) is 5.84. The average Bonchev–Trinajstić information content (AvgIpc) is 2.72. The van der Waals surface area contributed by atoms with E-state index >= 15 is 0 Å². The predicted octanol–water partition coefficient (Wildman–Crippen LogP) is 1.20. The second-order valence-electron chi connectivity index (χ2n) is 6.95. The van der Waals surface area contributed by atoms with Gasteiger partial charge in [-0.15, -0.1) is 0 Å². The topological polar surface area (TPSA) is 119 Å². The number of sulfonamides is 1. The number of rotatable bonds is 7. The fourth-order valence-electron chi connectivity index (χ4n) is 3.18. The van der Waals surface area contributed by atoms with Crippen LogP contribution in [0.1, 0.15) is 10.4 Å². The van der Waals surface area contributed by atoms with Gasteiger partial charge in [0.1, 0.15) is 6.54 Å². The van der Waals surface area contributed by atoms with Crippen LogP contribution < -0.4 is 19.8 Å². The summed E-state index contributed by atoms with van der Waals surface area (Å²) in [6.07, 6.45) is 0.931. The Morgan fingerprint density at radius 2 is 1.67 bits per heavy atom. The van der Waals surface area contributed by atoms with Crippen molar-refractivity contribution in [3.05, 3.63) is 54.1 Å². The molecule has 10 heteroatoms. The van der Waals surface area contributed by atoms with Crippen molar-refractivity contribution < 1.29 is 23.1 Å². The highest BCUT2D eigenvalue weighted by atomic mass is 32.2. The van der Waals surface area contributed by atoms with Gasteiger partial charge in [0.05, 0.1) is 11.9 Å². The highest BCUT2D eigenvalue weighted by molar-refractivity contribution is 7.92. The van der Waals surface area contributed by atoms with E-state index in [2.05, 4.69) is 15.5 Å². The normalized spacial score (nSPS) is 14.2. The molecule has 1 saturated heterocycles. The molecule has 160 valence electrons. The molecule has 3 rings (SSSR count). The van der Waals surface area contributed by atoms with Crippen LogP contribution >= 0.6 is 0 Å². The van der Waals surface area contributed by atoms with Gasteiger partial charge in [0.25, 0.3) is 5.91 Å². The van der Waals surface area contributed by atoms with Crippen molar-refractivity contribution in [3.63, 3.8) is 0 Å². The van der Waals surface area contributed by atoms with E-state index in [0.29, 0.717) is 11.3 Å². The molecule has 1 heterocycles. The van der Waals surface area contributed by atoms with Gasteiger partial charge in [-0.1, -0.05) is 0 Å². The van der Waals surface area contributed by atoms with E-state index in [1.54, 1.807) is 0 Å². The molecule has 1 amide bonds. The van der Waals surface area contributed by atoms with E-state index in [1.807, 2.05) is 24.3 Å². The number of aliphatic carboxylic acids is 1. The summed E-state index contributed by atoms with van der Waals surface area (Å²) in [4.78, 5) is 25.7. The molecule has 0 spiro atoms. The van der Waals surface area contributed by atoms with Crippen LogP contribution in [0.3, 0.4) is 0 Å². The largest absolute Gasteiger partial charge is 0.480 e. The molecule has 0 aromatic heterocycles. The Kier molecular flexibility index (Phi) is 6.58. The number of piperazine rings is 1. The number of nitrogens with zero attached hydrogens (tertiary/aromatic N) is 2. The number of carbonyl (C=O) groups excluding carboxylic acids is 1. The van der Waals surface area contributed by atoms with Gasteiger partial charge in [0, 0.05) is 43.1 Å². The molecule has 1 aliphatic heterocycles. The van der Waals surface area contributed by atoms with Crippen LogP contribution in [0.15, 0.2) is 48.5 Å². The van der Waals surface area contributed by atoms with Gasteiger partial charge in [0.15, 0.2) is 0 Å². The van der Waals surface area contributed by atoms with Crippen LogP contribution in [0.4, 0.5) is 17.1 Å². The van der Waals surface area contributed by atoms with Gasteiger partial charge in [-0.3, -0.25) is 13.9 Å². The lowest BCUT2D eigenvalue weighted by atomic mass is 10.2. The Morgan fingerprint density at radius 1 is 1.07 bits per heavy atom. The summed E-state index contributed by atoms with van der Waals surface area (Å²) in [6.45, 7) is 3.06. The van der Waals surface area contributed by atoms with Crippen molar-refractivity contribution in [3.8, 4) is 0 Å². The van der Waals surface area contributed by atoms with E-state index in [-0.39, 0.29) is 11.6 Å². The molecular weight excluding hydrogens is 408 g/mol. The minimum atomic E-state index is -3.76. The van der Waals surface area contributed by atoms with Gasteiger partial charge in [-0.25, -0.2) is 8.42 Å². The van der Waals surface area contributed by atoms with E-state index in [0.717, 1.165) is 42.4 Å². The molecule has 0 bridgehead atoms. The Morgan fingerprint density at radius 3 is 2.20 bits per heavy atom. The molecular formula is C20H24N4O5S. The quantitative estimate of drug-likeness (QED) is 0.601. The van der Waals surface area contributed by atoms with Gasteiger partial charge < -0.3 is 20.6 Å². The van der Waals surface area contributed by atoms with Crippen molar-refractivity contribution in [2.45, 2.75) is 0 Å². The first-order valence-electron chi connectivity index (χ1n) is 9.41. The zero-order chi connectivity index (χ0) is 21.7. The molecule has 2 aromatic carbocycles. The SMILES string of the molecule is CS(=O)(=O)N(CC(=O)O)c1ccc(C(=O)Nc2ccc(N3CCNCC3)cc2)cc1. The summed E-state index contributed by atoms with van der Waals surface area (Å²) >= 11 is 0. The van der Waals surface area contributed by atoms with Crippen LogP contribution in [-0.2, 0) is 14.8 Å². The number of hydrogen-bond donors (Lipinski definition) is 3.